The van der Waals surface area contributed by atoms with Gasteiger partial charge in [-0.1, -0.05) is 0 Å². The summed E-state index contributed by atoms with van der Waals surface area (Å²) in [6.45, 7) is 5.67. The summed E-state index contributed by atoms with van der Waals surface area (Å²) >= 11 is 0. The van der Waals surface area contributed by atoms with Crippen LogP contribution in [-0.2, 0) is 6.54 Å². The number of guanidine groups is 1. The number of aliphatic imine (C=N–C) groups is 1. The number of hydrogen-bond acceptors (Lipinski definition) is 3. The first-order valence-electron chi connectivity index (χ1n) is 7.22. The van der Waals surface area contributed by atoms with Crippen LogP contribution in [0.3, 0.4) is 0 Å². The molecule has 0 spiro atoms. The van der Waals surface area contributed by atoms with Gasteiger partial charge in [-0.15, -0.1) is 0 Å². The van der Waals surface area contributed by atoms with Gasteiger partial charge in [-0.25, -0.2) is 4.98 Å². The standard InChI is InChI=1S/C15H24N4O/c1-11(2)19-15(16-3)18-9-13-6-7-17-14(8-13)20-10-12-4-5-12/h6-8,11-12H,4-5,9-10H2,1-3H3,(H2,16,18,19). The van der Waals surface area contributed by atoms with Gasteiger partial charge >= 0.3 is 0 Å². The van der Waals surface area contributed by atoms with Crippen LogP contribution in [-0.4, -0.2) is 30.6 Å². The molecule has 110 valence electrons. The molecular weight excluding hydrogens is 252 g/mol. The lowest BCUT2D eigenvalue weighted by molar-refractivity contribution is 0.288. The first kappa shape index (κ1) is 14.6. The molecule has 1 aliphatic rings. The Hall–Kier alpha value is -1.78. The van der Waals surface area contributed by atoms with E-state index in [1.54, 1.807) is 13.2 Å². The molecule has 0 amide bonds. The van der Waals surface area contributed by atoms with Crippen molar-refractivity contribution in [3.8, 4) is 5.88 Å². The zero-order valence-electron chi connectivity index (χ0n) is 12.5. The van der Waals surface area contributed by atoms with Gasteiger partial charge in [0.1, 0.15) is 0 Å². The maximum Gasteiger partial charge on any atom is 0.213 e. The Balaban J connectivity index is 1.83. The first-order valence-corrected chi connectivity index (χ1v) is 7.22. The Bertz CT molecular complexity index is 455. The lowest BCUT2D eigenvalue weighted by Gasteiger charge is -2.14. The molecule has 0 radical (unpaired) electrons. The summed E-state index contributed by atoms with van der Waals surface area (Å²) in [5.74, 6) is 2.26. The van der Waals surface area contributed by atoms with Gasteiger partial charge in [0.15, 0.2) is 5.96 Å². The van der Waals surface area contributed by atoms with Crippen molar-refractivity contribution in [2.75, 3.05) is 13.7 Å². The van der Waals surface area contributed by atoms with E-state index in [-0.39, 0.29) is 0 Å². The van der Waals surface area contributed by atoms with Crippen molar-refractivity contribution in [2.45, 2.75) is 39.3 Å². The highest BCUT2D eigenvalue weighted by atomic mass is 16.5. The summed E-state index contributed by atoms with van der Waals surface area (Å²) in [5, 5.41) is 6.53. The van der Waals surface area contributed by atoms with Crippen LogP contribution in [0.1, 0.15) is 32.3 Å². The molecule has 1 aliphatic carbocycles. The second kappa shape index (κ2) is 7.12. The second-order valence-electron chi connectivity index (χ2n) is 5.48. The highest BCUT2D eigenvalue weighted by Crippen LogP contribution is 2.29. The molecule has 20 heavy (non-hydrogen) atoms. The Morgan fingerprint density at radius 1 is 1.50 bits per heavy atom. The van der Waals surface area contributed by atoms with Crippen molar-refractivity contribution < 1.29 is 4.74 Å². The third kappa shape index (κ3) is 5.07. The van der Waals surface area contributed by atoms with E-state index in [9.17, 15) is 0 Å². The van der Waals surface area contributed by atoms with Gasteiger partial charge in [-0.3, -0.25) is 4.99 Å². The smallest absolute Gasteiger partial charge is 0.213 e. The Morgan fingerprint density at radius 2 is 2.30 bits per heavy atom. The molecule has 0 bridgehead atoms. The quantitative estimate of drug-likeness (QED) is 0.616. The fourth-order valence-electron chi connectivity index (χ4n) is 1.78. The molecule has 2 rings (SSSR count). The van der Waals surface area contributed by atoms with Gasteiger partial charge in [-0.05, 0) is 44.2 Å². The highest BCUT2D eigenvalue weighted by molar-refractivity contribution is 5.79. The molecule has 1 aromatic heterocycles. The summed E-state index contributed by atoms with van der Waals surface area (Å²) in [4.78, 5) is 8.42. The van der Waals surface area contributed by atoms with E-state index in [0.29, 0.717) is 18.5 Å². The number of nitrogens with zero attached hydrogens (tertiary/aromatic N) is 2. The zero-order valence-corrected chi connectivity index (χ0v) is 12.5. The van der Waals surface area contributed by atoms with Crippen LogP contribution in [0.2, 0.25) is 0 Å². The van der Waals surface area contributed by atoms with Crippen LogP contribution in [0.25, 0.3) is 0 Å². The molecule has 0 aliphatic heterocycles. The minimum Gasteiger partial charge on any atom is -0.477 e. The Kier molecular flexibility index (Phi) is 5.21. The van der Waals surface area contributed by atoms with Gasteiger partial charge in [0.25, 0.3) is 0 Å². The minimum absolute atomic E-state index is 0.357. The molecule has 2 N–H and O–H groups in total. The van der Waals surface area contributed by atoms with Crippen LogP contribution in [0.5, 0.6) is 5.88 Å². The second-order valence-corrected chi connectivity index (χ2v) is 5.48. The van der Waals surface area contributed by atoms with Crippen LogP contribution >= 0.6 is 0 Å². The number of pyridine rings is 1. The van der Waals surface area contributed by atoms with Crippen molar-refractivity contribution in [1.82, 2.24) is 15.6 Å². The Morgan fingerprint density at radius 3 is 2.95 bits per heavy atom. The predicted molar refractivity (Wildman–Crippen MR) is 80.9 cm³/mol. The van der Waals surface area contributed by atoms with E-state index in [1.807, 2.05) is 12.1 Å². The molecule has 0 atom stereocenters. The van der Waals surface area contributed by atoms with E-state index < -0.39 is 0 Å². The van der Waals surface area contributed by atoms with E-state index in [0.717, 1.165) is 24.0 Å². The van der Waals surface area contributed by atoms with Crippen molar-refractivity contribution >= 4 is 5.96 Å². The topological polar surface area (TPSA) is 58.5 Å². The van der Waals surface area contributed by atoms with Crippen molar-refractivity contribution in [2.24, 2.45) is 10.9 Å². The lowest BCUT2D eigenvalue weighted by atomic mass is 10.2. The Labute approximate surface area is 120 Å². The van der Waals surface area contributed by atoms with Crippen LogP contribution in [0, 0.1) is 5.92 Å². The van der Waals surface area contributed by atoms with E-state index in [4.69, 9.17) is 4.74 Å². The van der Waals surface area contributed by atoms with Gasteiger partial charge in [0, 0.05) is 31.9 Å². The fourth-order valence-corrected chi connectivity index (χ4v) is 1.78. The van der Waals surface area contributed by atoms with Gasteiger partial charge in [-0.2, -0.15) is 0 Å². The number of rotatable bonds is 6. The predicted octanol–water partition coefficient (Wildman–Crippen LogP) is 1.94. The summed E-state index contributed by atoms with van der Waals surface area (Å²) in [6, 6.07) is 4.33. The van der Waals surface area contributed by atoms with Gasteiger partial charge in [0.05, 0.1) is 6.61 Å². The minimum atomic E-state index is 0.357. The summed E-state index contributed by atoms with van der Waals surface area (Å²) in [5.41, 5.74) is 1.14. The average molecular weight is 276 g/mol. The highest BCUT2D eigenvalue weighted by Gasteiger charge is 2.22. The lowest BCUT2D eigenvalue weighted by Crippen LogP contribution is -2.40. The number of nitrogens with one attached hydrogen (secondary N) is 2. The summed E-state index contributed by atoms with van der Waals surface area (Å²) < 4.78 is 5.68. The molecule has 1 saturated carbocycles. The molecule has 1 heterocycles. The summed E-state index contributed by atoms with van der Waals surface area (Å²) in [6.07, 6.45) is 4.37. The molecular formula is C15H24N4O. The van der Waals surface area contributed by atoms with E-state index in [1.165, 1.54) is 12.8 Å². The van der Waals surface area contributed by atoms with Crippen molar-refractivity contribution in [1.29, 1.82) is 0 Å². The molecule has 1 fully saturated rings. The maximum absolute atomic E-state index is 5.68. The number of aromatic nitrogens is 1. The number of hydrogen-bond donors (Lipinski definition) is 2. The number of ether oxygens (including phenoxy) is 1. The molecule has 0 saturated heterocycles. The molecule has 0 unspecified atom stereocenters. The summed E-state index contributed by atoms with van der Waals surface area (Å²) in [7, 11) is 1.77. The molecule has 5 nitrogen and oxygen atoms in total. The SMILES string of the molecule is CN=C(NCc1ccnc(OCC2CC2)c1)NC(C)C. The van der Waals surface area contributed by atoms with Gasteiger partial charge < -0.3 is 15.4 Å². The molecule has 5 heteroatoms. The van der Waals surface area contributed by atoms with Crippen LogP contribution in [0.15, 0.2) is 23.3 Å². The molecule has 1 aromatic rings. The maximum atomic E-state index is 5.68. The largest absolute Gasteiger partial charge is 0.477 e. The molecule has 0 aromatic carbocycles. The third-order valence-corrected chi connectivity index (χ3v) is 3.07. The van der Waals surface area contributed by atoms with Crippen LogP contribution in [0.4, 0.5) is 0 Å². The first-order chi connectivity index (χ1) is 9.67. The van der Waals surface area contributed by atoms with E-state index >= 15 is 0 Å². The monoisotopic (exact) mass is 276 g/mol. The van der Waals surface area contributed by atoms with Crippen LogP contribution < -0.4 is 15.4 Å². The zero-order chi connectivity index (χ0) is 14.4. The fraction of sp³-hybridized carbons (Fsp3) is 0.600. The van der Waals surface area contributed by atoms with Crippen molar-refractivity contribution in [3.05, 3.63) is 23.9 Å². The average Bonchev–Trinajstić information content (AvgIpc) is 3.25. The third-order valence-electron chi connectivity index (χ3n) is 3.07. The van der Waals surface area contributed by atoms with Crippen molar-refractivity contribution in [3.63, 3.8) is 0 Å². The normalized spacial score (nSPS) is 15.3. The van der Waals surface area contributed by atoms with E-state index in [2.05, 4.69) is 34.5 Å². The van der Waals surface area contributed by atoms with Gasteiger partial charge in [0.2, 0.25) is 5.88 Å².